The quantitative estimate of drug-likeness (QED) is 0.926. The molecule has 0 aliphatic rings. The van der Waals surface area contributed by atoms with Crippen LogP contribution in [0.1, 0.15) is 27.3 Å². The number of aromatic nitrogens is 2. The lowest BCUT2D eigenvalue weighted by molar-refractivity contribution is 0.0949. The van der Waals surface area contributed by atoms with E-state index in [0.717, 1.165) is 22.7 Å². The molecule has 5 heteroatoms. The van der Waals surface area contributed by atoms with E-state index >= 15 is 0 Å². The summed E-state index contributed by atoms with van der Waals surface area (Å²) in [6, 6.07) is 7.64. The molecule has 0 saturated heterocycles. The largest absolute Gasteiger partial charge is 0.497 e. The number of hydrogen-bond acceptors (Lipinski definition) is 3. The van der Waals surface area contributed by atoms with Gasteiger partial charge in [0.1, 0.15) is 5.75 Å². The maximum Gasteiger partial charge on any atom is 0.255 e. The first-order chi connectivity index (χ1) is 9.52. The molecular weight excluding hydrogens is 254 g/mol. The first kappa shape index (κ1) is 14.1. The highest BCUT2D eigenvalue weighted by atomic mass is 16.5. The summed E-state index contributed by atoms with van der Waals surface area (Å²) < 4.78 is 6.88. The van der Waals surface area contributed by atoms with E-state index in [1.807, 2.05) is 45.2 Å². The van der Waals surface area contributed by atoms with Gasteiger partial charge in [-0.05, 0) is 31.5 Å². The van der Waals surface area contributed by atoms with Crippen LogP contribution in [0.2, 0.25) is 0 Å². The van der Waals surface area contributed by atoms with Gasteiger partial charge in [0.2, 0.25) is 0 Å². The Hall–Kier alpha value is -2.30. The van der Waals surface area contributed by atoms with Gasteiger partial charge < -0.3 is 10.1 Å². The van der Waals surface area contributed by atoms with Crippen molar-refractivity contribution in [1.29, 1.82) is 0 Å². The van der Waals surface area contributed by atoms with E-state index in [2.05, 4.69) is 10.4 Å². The Bertz CT molecular complexity index is 632. The molecule has 0 spiro atoms. The third kappa shape index (κ3) is 2.82. The number of carbonyl (C=O) groups excluding carboxylic acids is 1. The fraction of sp³-hybridized carbons (Fsp3) is 0.333. The summed E-state index contributed by atoms with van der Waals surface area (Å²) in [5.74, 6) is 0.682. The van der Waals surface area contributed by atoms with Crippen LogP contribution in [0.25, 0.3) is 0 Å². The van der Waals surface area contributed by atoms with E-state index < -0.39 is 0 Å². The van der Waals surface area contributed by atoms with Crippen molar-refractivity contribution in [3.63, 3.8) is 0 Å². The van der Waals surface area contributed by atoms with Gasteiger partial charge in [-0.2, -0.15) is 5.10 Å². The maximum absolute atomic E-state index is 12.2. The lowest BCUT2D eigenvalue weighted by Gasteiger charge is -2.07. The molecule has 0 fully saturated rings. The maximum atomic E-state index is 12.2. The van der Waals surface area contributed by atoms with Crippen LogP contribution in [0.3, 0.4) is 0 Å². The fourth-order valence-corrected chi connectivity index (χ4v) is 2.16. The SMILES string of the molecule is COc1cccc(CNC(=O)c2c(C)nn(C)c2C)c1. The fourth-order valence-electron chi connectivity index (χ4n) is 2.16. The number of aryl methyl sites for hydroxylation is 2. The molecule has 0 aliphatic heterocycles. The van der Waals surface area contributed by atoms with Crippen LogP contribution >= 0.6 is 0 Å². The molecule has 2 aromatic rings. The molecule has 106 valence electrons. The minimum absolute atomic E-state index is 0.101. The van der Waals surface area contributed by atoms with Gasteiger partial charge in [0.05, 0.1) is 18.4 Å². The van der Waals surface area contributed by atoms with Crippen LogP contribution in [0.15, 0.2) is 24.3 Å². The van der Waals surface area contributed by atoms with E-state index in [9.17, 15) is 4.79 Å². The lowest BCUT2D eigenvalue weighted by Crippen LogP contribution is -2.24. The number of nitrogens with one attached hydrogen (secondary N) is 1. The first-order valence-electron chi connectivity index (χ1n) is 6.44. The zero-order chi connectivity index (χ0) is 14.7. The van der Waals surface area contributed by atoms with Crippen molar-refractivity contribution < 1.29 is 9.53 Å². The van der Waals surface area contributed by atoms with Gasteiger partial charge in [-0.15, -0.1) is 0 Å². The van der Waals surface area contributed by atoms with E-state index in [-0.39, 0.29) is 5.91 Å². The Morgan fingerprint density at radius 2 is 2.15 bits per heavy atom. The smallest absolute Gasteiger partial charge is 0.255 e. The number of carbonyl (C=O) groups is 1. The van der Waals surface area contributed by atoms with Crippen molar-refractivity contribution >= 4 is 5.91 Å². The van der Waals surface area contributed by atoms with Crippen molar-refractivity contribution in [2.75, 3.05) is 7.11 Å². The molecular formula is C15H19N3O2. The van der Waals surface area contributed by atoms with Crippen molar-refractivity contribution in [2.24, 2.45) is 7.05 Å². The number of hydrogen-bond donors (Lipinski definition) is 1. The summed E-state index contributed by atoms with van der Waals surface area (Å²) in [4.78, 5) is 12.2. The van der Waals surface area contributed by atoms with E-state index in [0.29, 0.717) is 12.1 Å². The number of nitrogens with zero attached hydrogens (tertiary/aromatic N) is 2. The third-order valence-electron chi connectivity index (χ3n) is 3.32. The van der Waals surface area contributed by atoms with Gasteiger partial charge in [0.15, 0.2) is 0 Å². The van der Waals surface area contributed by atoms with E-state index in [1.54, 1.807) is 11.8 Å². The van der Waals surface area contributed by atoms with Crippen molar-refractivity contribution in [3.8, 4) is 5.75 Å². The van der Waals surface area contributed by atoms with Crippen molar-refractivity contribution in [1.82, 2.24) is 15.1 Å². The molecule has 1 heterocycles. The van der Waals surface area contributed by atoms with Gasteiger partial charge in [-0.25, -0.2) is 0 Å². The van der Waals surface area contributed by atoms with Gasteiger partial charge in [-0.1, -0.05) is 12.1 Å². The molecule has 1 amide bonds. The molecule has 5 nitrogen and oxygen atoms in total. The number of amides is 1. The summed E-state index contributed by atoms with van der Waals surface area (Å²) in [5, 5.41) is 7.16. The Labute approximate surface area is 118 Å². The molecule has 1 aromatic heterocycles. The first-order valence-corrected chi connectivity index (χ1v) is 6.44. The Balaban J connectivity index is 2.08. The van der Waals surface area contributed by atoms with Gasteiger partial charge >= 0.3 is 0 Å². The summed E-state index contributed by atoms with van der Waals surface area (Å²) in [7, 11) is 3.46. The number of methoxy groups -OCH3 is 1. The van der Waals surface area contributed by atoms with Gasteiger partial charge in [0, 0.05) is 19.3 Å². The second kappa shape index (κ2) is 5.77. The van der Waals surface area contributed by atoms with Crippen LogP contribution in [0, 0.1) is 13.8 Å². The van der Waals surface area contributed by atoms with Gasteiger partial charge in [0.25, 0.3) is 5.91 Å². The summed E-state index contributed by atoms with van der Waals surface area (Å²) in [6.45, 7) is 4.19. The number of ether oxygens (including phenoxy) is 1. The number of benzene rings is 1. The Morgan fingerprint density at radius 1 is 1.40 bits per heavy atom. The summed E-state index contributed by atoms with van der Waals surface area (Å²) in [5.41, 5.74) is 3.26. The summed E-state index contributed by atoms with van der Waals surface area (Å²) >= 11 is 0. The van der Waals surface area contributed by atoms with Crippen LogP contribution < -0.4 is 10.1 Å². The van der Waals surface area contributed by atoms with Crippen LogP contribution in [0.5, 0.6) is 5.75 Å². The monoisotopic (exact) mass is 273 g/mol. The summed E-state index contributed by atoms with van der Waals surface area (Å²) in [6.07, 6.45) is 0. The third-order valence-corrected chi connectivity index (χ3v) is 3.32. The lowest BCUT2D eigenvalue weighted by atomic mass is 10.1. The topological polar surface area (TPSA) is 56.1 Å². The number of rotatable bonds is 4. The zero-order valence-electron chi connectivity index (χ0n) is 12.2. The second-order valence-electron chi connectivity index (χ2n) is 4.70. The van der Waals surface area contributed by atoms with E-state index in [1.165, 1.54) is 0 Å². The Morgan fingerprint density at radius 3 is 2.75 bits per heavy atom. The molecule has 20 heavy (non-hydrogen) atoms. The minimum atomic E-state index is -0.101. The minimum Gasteiger partial charge on any atom is -0.497 e. The standard InChI is InChI=1S/C15H19N3O2/c1-10-14(11(2)18(3)17-10)15(19)16-9-12-6-5-7-13(8-12)20-4/h5-8H,9H2,1-4H3,(H,16,19). The predicted molar refractivity (Wildman–Crippen MR) is 76.8 cm³/mol. The van der Waals surface area contributed by atoms with Crippen molar-refractivity contribution in [2.45, 2.75) is 20.4 Å². The molecule has 0 radical (unpaired) electrons. The van der Waals surface area contributed by atoms with Crippen LogP contribution in [-0.2, 0) is 13.6 Å². The normalized spacial score (nSPS) is 10.4. The molecule has 0 saturated carbocycles. The molecule has 0 aliphatic carbocycles. The van der Waals surface area contributed by atoms with Gasteiger partial charge in [-0.3, -0.25) is 9.48 Å². The van der Waals surface area contributed by atoms with Crippen LogP contribution in [-0.4, -0.2) is 22.8 Å². The van der Waals surface area contributed by atoms with Crippen molar-refractivity contribution in [3.05, 3.63) is 46.8 Å². The molecule has 1 N–H and O–H groups in total. The average molecular weight is 273 g/mol. The average Bonchev–Trinajstić information content (AvgIpc) is 2.70. The van der Waals surface area contributed by atoms with E-state index in [4.69, 9.17) is 4.74 Å². The highest BCUT2D eigenvalue weighted by Gasteiger charge is 2.16. The molecule has 2 rings (SSSR count). The molecule has 0 unspecified atom stereocenters. The van der Waals surface area contributed by atoms with Crippen LogP contribution in [0.4, 0.5) is 0 Å². The highest BCUT2D eigenvalue weighted by molar-refractivity contribution is 5.96. The molecule has 0 atom stereocenters. The Kier molecular flexibility index (Phi) is 4.08. The molecule has 0 bridgehead atoms. The second-order valence-corrected chi connectivity index (χ2v) is 4.70. The molecule has 1 aromatic carbocycles. The zero-order valence-corrected chi connectivity index (χ0v) is 12.2. The predicted octanol–water partition coefficient (Wildman–Crippen LogP) is 1.98. The highest BCUT2D eigenvalue weighted by Crippen LogP contribution is 2.14.